The molecule has 1 amide bonds. The third kappa shape index (κ3) is 4.43. The Morgan fingerprint density at radius 2 is 1.84 bits per heavy atom. The van der Waals surface area contributed by atoms with Crippen LogP contribution in [0.1, 0.15) is 34.4 Å². The van der Waals surface area contributed by atoms with Crippen LogP contribution in [0.5, 0.6) is 0 Å². The standard InChI is InChI=1S/C25H26N4O2S/c1-15-8-10-19(11-9-15)22-14-32-25(27-22)29-24(31)20(18(4)28-29)12-13-23(30)26-21-7-5-6-16(2)17(21)3/h5-11,14,28H,12-13H2,1-4H3,(H,26,30). The molecule has 0 aliphatic rings. The van der Waals surface area contributed by atoms with Gasteiger partial charge in [-0.2, -0.15) is 4.68 Å². The summed E-state index contributed by atoms with van der Waals surface area (Å²) in [7, 11) is 0. The van der Waals surface area contributed by atoms with E-state index in [2.05, 4.69) is 15.4 Å². The van der Waals surface area contributed by atoms with Crippen LogP contribution in [0.25, 0.3) is 16.4 Å². The van der Waals surface area contributed by atoms with Crippen molar-refractivity contribution in [2.24, 2.45) is 0 Å². The Bertz CT molecular complexity index is 1330. The number of nitrogens with zero attached hydrogens (tertiary/aromatic N) is 2. The van der Waals surface area contributed by atoms with Crippen LogP contribution in [0.2, 0.25) is 0 Å². The second-order valence-electron chi connectivity index (χ2n) is 8.03. The maximum absolute atomic E-state index is 13.0. The number of H-pyrrole nitrogens is 1. The fourth-order valence-electron chi connectivity index (χ4n) is 3.57. The summed E-state index contributed by atoms with van der Waals surface area (Å²) < 4.78 is 1.47. The number of nitrogens with one attached hydrogen (secondary N) is 2. The van der Waals surface area contributed by atoms with E-state index in [1.807, 2.05) is 75.5 Å². The number of thiazole rings is 1. The molecule has 32 heavy (non-hydrogen) atoms. The Morgan fingerprint density at radius 1 is 1.09 bits per heavy atom. The lowest BCUT2D eigenvalue weighted by molar-refractivity contribution is -0.116. The molecule has 0 saturated carbocycles. The van der Waals surface area contributed by atoms with Crippen LogP contribution in [-0.2, 0) is 11.2 Å². The van der Waals surface area contributed by atoms with E-state index in [0.29, 0.717) is 17.1 Å². The number of benzene rings is 2. The van der Waals surface area contributed by atoms with Crippen LogP contribution in [-0.4, -0.2) is 20.7 Å². The number of rotatable bonds is 6. The molecule has 6 nitrogen and oxygen atoms in total. The van der Waals surface area contributed by atoms with Gasteiger partial charge in [-0.1, -0.05) is 42.0 Å². The minimum atomic E-state index is -0.160. The molecule has 0 bridgehead atoms. The summed E-state index contributed by atoms with van der Waals surface area (Å²) in [5.74, 6) is -0.110. The number of carbonyl (C=O) groups excluding carboxylic acids is 1. The van der Waals surface area contributed by atoms with Gasteiger partial charge in [-0.05, 0) is 51.3 Å². The lowest BCUT2D eigenvalue weighted by Gasteiger charge is -2.10. The molecule has 0 saturated heterocycles. The minimum absolute atomic E-state index is 0.110. The van der Waals surface area contributed by atoms with E-state index in [9.17, 15) is 9.59 Å². The average Bonchev–Trinajstić information content (AvgIpc) is 3.35. The second kappa shape index (κ2) is 8.96. The molecule has 0 aliphatic heterocycles. The van der Waals surface area contributed by atoms with Gasteiger partial charge < -0.3 is 5.32 Å². The van der Waals surface area contributed by atoms with Crippen LogP contribution >= 0.6 is 11.3 Å². The smallest absolute Gasteiger partial charge is 0.276 e. The Morgan fingerprint density at radius 3 is 2.59 bits per heavy atom. The molecule has 2 aromatic heterocycles. The van der Waals surface area contributed by atoms with Crippen molar-refractivity contribution in [3.63, 3.8) is 0 Å². The van der Waals surface area contributed by atoms with Crippen LogP contribution in [0.15, 0.2) is 52.6 Å². The average molecular weight is 447 g/mol. The third-order valence-corrected chi connectivity index (χ3v) is 6.53. The number of carbonyl (C=O) groups is 1. The molecule has 0 radical (unpaired) electrons. The maximum Gasteiger partial charge on any atom is 0.276 e. The van der Waals surface area contributed by atoms with Gasteiger partial charge in [0.15, 0.2) is 0 Å². The number of aromatic amines is 1. The molecule has 164 valence electrons. The van der Waals surface area contributed by atoms with E-state index >= 15 is 0 Å². The van der Waals surface area contributed by atoms with Gasteiger partial charge in [-0.3, -0.25) is 14.7 Å². The van der Waals surface area contributed by atoms with E-state index in [1.165, 1.54) is 21.6 Å². The van der Waals surface area contributed by atoms with E-state index < -0.39 is 0 Å². The van der Waals surface area contributed by atoms with Crippen LogP contribution in [0.3, 0.4) is 0 Å². The number of hydrogen-bond acceptors (Lipinski definition) is 4. The van der Waals surface area contributed by atoms with Crippen LogP contribution in [0, 0.1) is 27.7 Å². The zero-order chi connectivity index (χ0) is 22.8. The lowest BCUT2D eigenvalue weighted by Crippen LogP contribution is -2.19. The summed E-state index contributed by atoms with van der Waals surface area (Å²) in [6.45, 7) is 7.89. The normalized spacial score (nSPS) is 11.0. The van der Waals surface area contributed by atoms with Crippen molar-refractivity contribution in [2.45, 2.75) is 40.5 Å². The first-order valence-electron chi connectivity index (χ1n) is 10.5. The van der Waals surface area contributed by atoms with Gasteiger partial charge in [-0.25, -0.2) is 4.98 Å². The molecular formula is C25H26N4O2S. The summed E-state index contributed by atoms with van der Waals surface area (Å²) in [4.78, 5) is 30.1. The minimum Gasteiger partial charge on any atom is -0.326 e. The van der Waals surface area contributed by atoms with E-state index in [-0.39, 0.29) is 17.9 Å². The summed E-state index contributed by atoms with van der Waals surface area (Å²) in [5.41, 5.74) is 7.21. The molecule has 0 spiro atoms. The van der Waals surface area contributed by atoms with Crippen LogP contribution in [0.4, 0.5) is 5.69 Å². The summed E-state index contributed by atoms with van der Waals surface area (Å²) in [6.07, 6.45) is 0.592. The van der Waals surface area contributed by atoms with Crippen molar-refractivity contribution in [3.05, 3.63) is 86.1 Å². The molecule has 2 heterocycles. The highest BCUT2D eigenvalue weighted by molar-refractivity contribution is 7.12. The largest absolute Gasteiger partial charge is 0.326 e. The number of hydrogen-bond donors (Lipinski definition) is 2. The summed E-state index contributed by atoms with van der Waals surface area (Å²) in [5, 5.41) is 8.60. The number of amides is 1. The first kappa shape index (κ1) is 21.8. The van der Waals surface area contributed by atoms with Crippen LogP contribution < -0.4 is 10.9 Å². The van der Waals surface area contributed by atoms with Gasteiger partial charge in [0.1, 0.15) is 0 Å². The molecule has 0 atom stereocenters. The van der Waals surface area contributed by atoms with Crippen molar-refractivity contribution in [3.8, 4) is 16.4 Å². The first-order chi connectivity index (χ1) is 15.3. The van der Waals surface area contributed by atoms with E-state index in [4.69, 9.17) is 0 Å². The molecule has 4 rings (SSSR count). The van der Waals surface area contributed by atoms with Crippen molar-refractivity contribution in [1.29, 1.82) is 0 Å². The fraction of sp³-hybridized carbons (Fsp3) is 0.240. The summed E-state index contributed by atoms with van der Waals surface area (Å²) >= 11 is 1.41. The molecule has 7 heteroatoms. The van der Waals surface area contributed by atoms with E-state index in [0.717, 1.165) is 33.8 Å². The lowest BCUT2D eigenvalue weighted by atomic mass is 10.1. The highest BCUT2D eigenvalue weighted by atomic mass is 32.1. The van der Waals surface area contributed by atoms with Gasteiger partial charge in [0, 0.05) is 34.3 Å². The third-order valence-electron chi connectivity index (χ3n) is 5.70. The molecule has 2 aromatic carbocycles. The molecule has 4 aromatic rings. The zero-order valence-corrected chi connectivity index (χ0v) is 19.5. The Kier molecular flexibility index (Phi) is 6.10. The van der Waals surface area contributed by atoms with E-state index in [1.54, 1.807) is 0 Å². The highest BCUT2D eigenvalue weighted by Crippen LogP contribution is 2.24. The van der Waals surface area contributed by atoms with Gasteiger partial charge in [0.25, 0.3) is 5.56 Å². The molecular weight excluding hydrogens is 420 g/mol. The Hall–Kier alpha value is -3.45. The maximum atomic E-state index is 13.0. The van der Waals surface area contributed by atoms with Crippen molar-refractivity contribution < 1.29 is 4.79 Å². The van der Waals surface area contributed by atoms with Crippen molar-refractivity contribution >= 4 is 22.9 Å². The fourth-order valence-corrected chi connectivity index (χ4v) is 4.36. The van der Waals surface area contributed by atoms with Crippen molar-refractivity contribution in [2.75, 3.05) is 5.32 Å². The Labute approximate surface area is 190 Å². The highest BCUT2D eigenvalue weighted by Gasteiger charge is 2.17. The summed E-state index contributed by atoms with van der Waals surface area (Å²) in [6, 6.07) is 14.0. The second-order valence-corrected chi connectivity index (χ2v) is 8.87. The Balaban J connectivity index is 1.49. The molecule has 0 fully saturated rings. The van der Waals surface area contributed by atoms with Gasteiger partial charge in [0.05, 0.1) is 5.69 Å². The zero-order valence-electron chi connectivity index (χ0n) is 18.7. The SMILES string of the molecule is Cc1ccc(-c2csc(-n3[nH]c(C)c(CCC(=O)Nc4cccc(C)c4C)c3=O)n2)cc1. The monoisotopic (exact) mass is 446 g/mol. The number of anilines is 1. The predicted molar refractivity (Wildman–Crippen MR) is 130 cm³/mol. The first-order valence-corrected chi connectivity index (χ1v) is 11.4. The molecule has 0 unspecified atom stereocenters. The number of aromatic nitrogens is 3. The van der Waals surface area contributed by atoms with Gasteiger partial charge in [-0.15, -0.1) is 11.3 Å². The number of aryl methyl sites for hydroxylation is 3. The molecule has 2 N–H and O–H groups in total. The predicted octanol–water partition coefficient (Wildman–Crippen LogP) is 5.09. The van der Waals surface area contributed by atoms with Gasteiger partial charge in [0.2, 0.25) is 11.0 Å². The topological polar surface area (TPSA) is 79.8 Å². The molecule has 0 aliphatic carbocycles. The quantitative estimate of drug-likeness (QED) is 0.433. The van der Waals surface area contributed by atoms with Crippen molar-refractivity contribution in [1.82, 2.24) is 14.8 Å². The van der Waals surface area contributed by atoms with Gasteiger partial charge >= 0.3 is 0 Å².